The molecule has 3 rings (SSSR count). The fraction of sp³-hybridized carbons (Fsp3) is 0. The van der Waals surface area contributed by atoms with E-state index in [2.05, 4.69) is 20.5 Å². The summed E-state index contributed by atoms with van der Waals surface area (Å²) >= 11 is 0. The zero-order valence-electron chi connectivity index (χ0n) is 11.5. The number of para-hydroxylation sites is 1. The second-order valence-electron chi connectivity index (χ2n) is 4.52. The highest BCUT2D eigenvalue weighted by Crippen LogP contribution is 2.12. The quantitative estimate of drug-likeness (QED) is 0.570. The van der Waals surface area contributed by atoms with Gasteiger partial charge in [-0.3, -0.25) is 15.4 Å². The topological polar surface area (TPSA) is 87.5 Å². The predicted octanol–water partition coefficient (Wildman–Crippen LogP) is 2.77. The lowest BCUT2D eigenvalue weighted by atomic mass is 10.2. The predicted molar refractivity (Wildman–Crippen MR) is 84.2 cm³/mol. The molecule has 2 aromatic carbocycles. The van der Waals surface area contributed by atoms with Crippen LogP contribution in [0.2, 0.25) is 0 Å². The molecule has 0 aliphatic heterocycles. The van der Waals surface area contributed by atoms with Crippen molar-refractivity contribution >= 4 is 28.9 Å². The molecule has 0 aliphatic carbocycles. The largest absolute Gasteiger partial charge is 0.478 e. The van der Waals surface area contributed by atoms with Crippen molar-refractivity contribution in [1.82, 2.24) is 9.97 Å². The van der Waals surface area contributed by atoms with Crippen LogP contribution in [0, 0.1) is 0 Å². The Morgan fingerprint density at radius 3 is 2.64 bits per heavy atom. The van der Waals surface area contributed by atoms with Gasteiger partial charge >= 0.3 is 5.97 Å². The molecule has 3 aromatic rings. The minimum absolute atomic E-state index is 0.235. The third kappa shape index (κ3) is 2.90. The number of nitrogens with zero attached hydrogens (tertiary/aromatic N) is 3. The molecular formula is C16H12N4O2. The normalized spacial score (nSPS) is 10.9. The molecule has 1 aromatic heterocycles. The molecule has 0 saturated carbocycles. The van der Waals surface area contributed by atoms with Gasteiger partial charge in [-0.05, 0) is 30.3 Å². The number of carbonyl (C=O) groups is 1. The van der Waals surface area contributed by atoms with E-state index in [1.807, 2.05) is 18.2 Å². The van der Waals surface area contributed by atoms with Crippen molar-refractivity contribution in [3.63, 3.8) is 0 Å². The summed E-state index contributed by atoms with van der Waals surface area (Å²) in [6.07, 6.45) is 4.94. The third-order valence-electron chi connectivity index (χ3n) is 3.06. The monoisotopic (exact) mass is 292 g/mol. The van der Waals surface area contributed by atoms with Crippen LogP contribution in [0.5, 0.6) is 0 Å². The van der Waals surface area contributed by atoms with E-state index < -0.39 is 5.97 Å². The molecule has 6 nitrogen and oxygen atoms in total. The molecule has 0 bridgehead atoms. The Balaban J connectivity index is 1.77. The van der Waals surface area contributed by atoms with Crippen molar-refractivity contribution < 1.29 is 9.90 Å². The summed E-state index contributed by atoms with van der Waals surface area (Å²) in [6.45, 7) is 0. The van der Waals surface area contributed by atoms with Crippen molar-refractivity contribution in [2.75, 3.05) is 5.43 Å². The fourth-order valence-electron chi connectivity index (χ4n) is 1.98. The molecular weight excluding hydrogens is 280 g/mol. The summed E-state index contributed by atoms with van der Waals surface area (Å²) in [5, 5.41) is 13.0. The van der Waals surface area contributed by atoms with E-state index in [1.165, 1.54) is 12.1 Å². The number of fused-ring (bicyclic) bond motifs is 1. The maximum absolute atomic E-state index is 10.8. The molecule has 0 aliphatic rings. The number of rotatable bonds is 4. The van der Waals surface area contributed by atoms with Gasteiger partial charge in [0.15, 0.2) is 0 Å². The molecule has 0 atom stereocenters. The molecule has 6 heteroatoms. The van der Waals surface area contributed by atoms with Gasteiger partial charge in [-0.1, -0.05) is 12.1 Å². The summed E-state index contributed by atoms with van der Waals surface area (Å²) in [7, 11) is 0. The Labute approximate surface area is 126 Å². The maximum atomic E-state index is 10.8. The fourth-order valence-corrected chi connectivity index (χ4v) is 1.98. The van der Waals surface area contributed by atoms with Crippen LogP contribution in [-0.2, 0) is 0 Å². The van der Waals surface area contributed by atoms with Gasteiger partial charge in [-0.2, -0.15) is 5.10 Å². The standard InChI is InChI=1S/C16H12N4O2/c21-16(22)11-4-6-13(7-5-11)20-19-10-12-2-1-3-14-15(12)18-9-8-17-14/h1-10,20H,(H,21,22)/b19-10-. The molecule has 108 valence electrons. The minimum atomic E-state index is -0.954. The van der Waals surface area contributed by atoms with E-state index in [1.54, 1.807) is 30.7 Å². The summed E-state index contributed by atoms with van der Waals surface area (Å²) in [5.74, 6) is -0.954. The minimum Gasteiger partial charge on any atom is -0.478 e. The SMILES string of the molecule is O=C(O)c1ccc(N/N=C\c2cccc3nccnc23)cc1. The van der Waals surface area contributed by atoms with Crippen LogP contribution in [0.4, 0.5) is 5.69 Å². The number of aromatic nitrogens is 2. The van der Waals surface area contributed by atoms with Gasteiger partial charge in [-0.15, -0.1) is 0 Å². The van der Waals surface area contributed by atoms with Crippen molar-refractivity contribution in [2.24, 2.45) is 5.10 Å². The smallest absolute Gasteiger partial charge is 0.335 e. The van der Waals surface area contributed by atoms with Gasteiger partial charge in [-0.25, -0.2) is 4.79 Å². The summed E-state index contributed by atoms with van der Waals surface area (Å²) in [6, 6.07) is 12.0. The van der Waals surface area contributed by atoms with Gasteiger partial charge in [0.1, 0.15) is 0 Å². The van der Waals surface area contributed by atoms with Crippen molar-refractivity contribution in [3.05, 3.63) is 66.0 Å². The van der Waals surface area contributed by atoms with E-state index in [0.29, 0.717) is 5.69 Å². The number of aromatic carboxylic acids is 1. The van der Waals surface area contributed by atoms with Gasteiger partial charge in [0.2, 0.25) is 0 Å². The first-order valence-electron chi connectivity index (χ1n) is 6.56. The van der Waals surface area contributed by atoms with Crippen molar-refractivity contribution in [1.29, 1.82) is 0 Å². The highest BCUT2D eigenvalue weighted by Gasteiger charge is 2.01. The van der Waals surface area contributed by atoms with Gasteiger partial charge in [0.25, 0.3) is 0 Å². The highest BCUT2D eigenvalue weighted by atomic mass is 16.4. The number of hydrogen-bond acceptors (Lipinski definition) is 5. The molecule has 0 radical (unpaired) electrons. The van der Waals surface area contributed by atoms with Crippen LogP contribution in [0.1, 0.15) is 15.9 Å². The Morgan fingerprint density at radius 2 is 1.86 bits per heavy atom. The third-order valence-corrected chi connectivity index (χ3v) is 3.06. The zero-order chi connectivity index (χ0) is 15.4. The van der Waals surface area contributed by atoms with E-state index >= 15 is 0 Å². The lowest BCUT2D eigenvalue weighted by Gasteiger charge is -2.02. The summed E-state index contributed by atoms with van der Waals surface area (Å²) in [4.78, 5) is 19.3. The Morgan fingerprint density at radius 1 is 1.09 bits per heavy atom. The molecule has 0 fully saturated rings. The first-order chi connectivity index (χ1) is 10.7. The number of benzene rings is 2. The number of hydrogen-bond donors (Lipinski definition) is 2. The Kier molecular flexibility index (Phi) is 3.74. The maximum Gasteiger partial charge on any atom is 0.335 e. The van der Waals surface area contributed by atoms with Gasteiger partial charge < -0.3 is 5.11 Å². The van der Waals surface area contributed by atoms with Crippen molar-refractivity contribution in [2.45, 2.75) is 0 Å². The molecule has 0 spiro atoms. The van der Waals surface area contributed by atoms with E-state index in [4.69, 9.17) is 5.11 Å². The second-order valence-corrected chi connectivity index (χ2v) is 4.52. The first-order valence-corrected chi connectivity index (χ1v) is 6.56. The number of carboxylic acid groups (broad SMARTS) is 1. The van der Waals surface area contributed by atoms with E-state index in [9.17, 15) is 4.79 Å². The molecule has 2 N–H and O–H groups in total. The van der Waals surface area contributed by atoms with E-state index in [-0.39, 0.29) is 5.56 Å². The number of nitrogens with one attached hydrogen (secondary N) is 1. The highest BCUT2D eigenvalue weighted by molar-refractivity contribution is 5.96. The number of hydrazone groups is 1. The van der Waals surface area contributed by atoms with Gasteiger partial charge in [0.05, 0.1) is 28.5 Å². The number of anilines is 1. The van der Waals surface area contributed by atoms with Crippen LogP contribution in [0.3, 0.4) is 0 Å². The van der Waals surface area contributed by atoms with Crippen LogP contribution in [0.15, 0.2) is 60.0 Å². The molecule has 22 heavy (non-hydrogen) atoms. The molecule has 1 heterocycles. The average Bonchev–Trinajstić information content (AvgIpc) is 2.55. The summed E-state index contributed by atoms with van der Waals surface area (Å²) < 4.78 is 0. The Bertz CT molecular complexity index is 839. The van der Waals surface area contributed by atoms with Crippen LogP contribution < -0.4 is 5.43 Å². The molecule has 0 saturated heterocycles. The van der Waals surface area contributed by atoms with Crippen LogP contribution in [0.25, 0.3) is 11.0 Å². The lowest BCUT2D eigenvalue weighted by Crippen LogP contribution is -1.97. The number of carboxylic acids is 1. The summed E-state index contributed by atoms with van der Waals surface area (Å²) in [5.41, 5.74) is 6.21. The lowest BCUT2D eigenvalue weighted by molar-refractivity contribution is 0.0697. The average molecular weight is 292 g/mol. The molecule has 0 unspecified atom stereocenters. The zero-order valence-corrected chi connectivity index (χ0v) is 11.5. The van der Waals surface area contributed by atoms with Crippen LogP contribution >= 0.6 is 0 Å². The van der Waals surface area contributed by atoms with Crippen LogP contribution in [-0.4, -0.2) is 27.3 Å². The first kappa shape index (κ1) is 13.7. The van der Waals surface area contributed by atoms with E-state index in [0.717, 1.165) is 16.6 Å². The van der Waals surface area contributed by atoms with Gasteiger partial charge in [0, 0.05) is 18.0 Å². The molecule has 0 amide bonds. The van der Waals surface area contributed by atoms with Crippen molar-refractivity contribution in [3.8, 4) is 0 Å². The second kappa shape index (κ2) is 6.01. The Hall–Kier alpha value is -3.28.